The molecule has 2 fully saturated rings. The van der Waals surface area contributed by atoms with Gasteiger partial charge in [0.25, 0.3) is 5.91 Å². The van der Waals surface area contributed by atoms with Crippen LogP contribution in [0.2, 0.25) is 0 Å². The molecule has 6 heterocycles. The largest absolute Gasteiger partial charge is 0.388 e. The Morgan fingerprint density at radius 2 is 1.85 bits per heavy atom. The number of imidazole rings is 1. The number of nitrogens with one attached hydrogen (secondary N) is 2. The van der Waals surface area contributed by atoms with E-state index in [1.54, 1.807) is 12.4 Å². The van der Waals surface area contributed by atoms with Crippen molar-refractivity contribution in [3.63, 3.8) is 0 Å². The Morgan fingerprint density at radius 1 is 1.02 bits per heavy atom. The van der Waals surface area contributed by atoms with Gasteiger partial charge >= 0.3 is 0 Å². The average molecular weight is 542 g/mol. The molecular weight excluding hydrogens is 509 g/mol. The van der Waals surface area contributed by atoms with Gasteiger partial charge in [-0.2, -0.15) is 0 Å². The molecule has 0 spiro atoms. The van der Waals surface area contributed by atoms with Gasteiger partial charge in [-0.05, 0) is 68.6 Å². The number of pyridine rings is 2. The van der Waals surface area contributed by atoms with E-state index in [1.165, 1.54) is 25.0 Å². The third-order valence-corrected chi connectivity index (χ3v) is 8.50. The van der Waals surface area contributed by atoms with Crippen LogP contribution in [0.25, 0.3) is 16.9 Å². The maximum Gasteiger partial charge on any atom is 0.254 e. The minimum atomic E-state index is -0.609. The summed E-state index contributed by atoms with van der Waals surface area (Å²) in [7, 11) is 0. The van der Waals surface area contributed by atoms with Crippen molar-refractivity contribution < 1.29 is 14.3 Å². The number of amides is 1. The first-order chi connectivity index (χ1) is 19.5. The van der Waals surface area contributed by atoms with E-state index in [1.807, 2.05) is 34.9 Å². The maximum atomic E-state index is 13.7. The number of aliphatic hydroxyl groups is 1. The Balaban J connectivity index is 1.08. The topological polar surface area (TPSA) is 98.0 Å². The number of carbonyl (C=O) groups excluding carboxylic acids is 1. The van der Waals surface area contributed by atoms with Crippen molar-refractivity contribution in [2.75, 3.05) is 42.9 Å². The number of likely N-dealkylation sites (tertiary alicyclic amines) is 1. The fraction of sp³-hybridized carbons (Fsp3) is 0.367. The molecule has 9 nitrogen and oxygen atoms in total. The molecule has 4 aromatic rings. The summed E-state index contributed by atoms with van der Waals surface area (Å²) in [4.78, 5) is 26.5. The molecule has 40 heavy (non-hydrogen) atoms. The number of fused-ring (bicyclic) bond motifs is 2. The molecule has 1 aromatic carbocycles. The van der Waals surface area contributed by atoms with Gasteiger partial charge in [-0.3, -0.25) is 9.20 Å². The summed E-state index contributed by atoms with van der Waals surface area (Å²) in [5.74, 6) is 0.154. The summed E-state index contributed by atoms with van der Waals surface area (Å²) in [5.41, 5.74) is 4.72. The maximum absolute atomic E-state index is 13.7. The summed E-state index contributed by atoms with van der Waals surface area (Å²) in [6.45, 7) is 4.96. The second kappa shape index (κ2) is 9.87. The van der Waals surface area contributed by atoms with Gasteiger partial charge in [-0.25, -0.2) is 14.4 Å². The number of anilines is 3. The number of β-amino-alcohol motifs (C(OH)–C–C–N with tert-alkyl or cyclic N) is 1. The predicted octanol–water partition coefficient (Wildman–Crippen LogP) is 3.95. The van der Waals surface area contributed by atoms with Gasteiger partial charge in [-0.1, -0.05) is 6.07 Å². The first-order valence-corrected chi connectivity index (χ1v) is 14.0. The van der Waals surface area contributed by atoms with Crippen LogP contribution in [0.5, 0.6) is 0 Å². The third kappa shape index (κ3) is 4.56. The van der Waals surface area contributed by atoms with Crippen molar-refractivity contribution in [3.8, 4) is 11.3 Å². The quantitative estimate of drug-likeness (QED) is 0.340. The predicted molar refractivity (Wildman–Crippen MR) is 151 cm³/mol. The molecule has 3 aromatic heterocycles. The lowest BCUT2D eigenvalue weighted by Gasteiger charge is -2.41. The number of hydrogen-bond acceptors (Lipinski definition) is 7. The lowest BCUT2D eigenvalue weighted by atomic mass is 9.90. The minimum absolute atomic E-state index is 0.148. The number of halogens is 1. The molecule has 0 radical (unpaired) electrons. The Labute approximate surface area is 231 Å². The zero-order valence-corrected chi connectivity index (χ0v) is 22.2. The highest BCUT2D eigenvalue weighted by Gasteiger charge is 2.35. The molecule has 0 unspecified atom stereocenters. The highest BCUT2D eigenvalue weighted by atomic mass is 19.1. The van der Waals surface area contributed by atoms with E-state index in [4.69, 9.17) is 0 Å². The Hall–Kier alpha value is -4.02. The van der Waals surface area contributed by atoms with E-state index in [-0.39, 0.29) is 11.7 Å². The number of benzene rings is 1. The van der Waals surface area contributed by atoms with Crippen LogP contribution in [0, 0.1) is 5.82 Å². The van der Waals surface area contributed by atoms with Gasteiger partial charge in [0, 0.05) is 44.0 Å². The van der Waals surface area contributed by atoms with Crippen LogP contribution in [0.1, 0.15) is 41.6 Å². The molecule has 1 amide bonds. The van der Waals surface area contributed by atoms with Crippen LogP contribution in [-0.2, 0) is 6.54 Å². The van der Waals surface area contributed by atoms with Crippen molar-refractivity contribution in [1.82, 2.24) is 24.6 Å². The van der Waals surface area contributed by atoms with E-state index < -0.39 is 5.60 Å². The first kappa shape index (κ1) is 25.0. The van der Waals surface area contributed by atoms with Crippen LogP contribution in [0.4, 0.5) is 21.6 Å². The van der Waals surface area contributed by atoms with Crippen LogP contribution in [0.15, 0.2) is 55.0 Å². The summed E-state index contributed by atoms with van der Waals surface area (Å²) < 4.78 is 15.5. The highest BCUT2D eigenvalue weighted by Crippen LogP contribution is 2.36. The molecule has 0 atom stereocenters. The van der Waals surface area contributed by atoms with Gasteiger partial charge in [0.2, 0.25) is 0 Å². The molecule has 0 saturated carbocycles. The molecule has 0 bridgehead atoms. The molecule has 3 aliphatic rings. The zero-order valence-electron chi connectivity index (χ0n) is 22.2. The summed E-state index contributed by atoms with van der Waals surface area (Å²) in [5, 5.41) is 17.4. The summed E-state index contributed by atoms with van der Waals surface area (Å²) in [6, 6.07) is 10.6. The second-order valence-corrected chi connectivity index (χ2v) is 11.1. The van der Waals surface area contributed by atoms with Crippen molar-refractivity contribution in [3.05, 3.63) is 71.9 Å². The molecule has 206 valence electrons. The van der Waals surface area contributed by atoms with Gasteiger partial charge < -0.3 is 25.5 Å². The fourth-order valence-electron chi connectivity index (χ4n) is 6.33. The minimum Gasteiger partial charge on any atom is -0.388 e. The molecule has 0 aliphatic carbocycles. The Kier molecular flexibility index (Phi) is 6.16. The van der Waals surface area contributed by atoms with Crippen molar-refractivity contribution >= 4 is 28.7 Å². The van der Waals surface area contributed by atoms with Crippen LogP contribution in [-0.4, -0.2) is 68.6 Å². The molecule has 3 N–H and O–H groups in total. The number of rotatable bonds is 6. The van der Waals surface area contributed by atoms with E-state index in [0.717, 1.165) is 68.1 Å². The van der Waals surface area contributed by atoms with Crippen LogP contribution < -0.4 is 15.5 Å². The van der Waals surface area contributed by atoms with E-state index >= 15 is 0 Å². The van der Waals surface area contributed by atoms with Gasteiger partial charge in [0.05, 0.1) is 40.6 Å². The monoisotopic (exact) mass is 541 g/mol. The van der Waals surface area contributed by atoms with Crippen LogP contribution in [0.3, 0.4) is 0 Å². The van der Waals surface area contributed by atoms with Crippen molar-refractivity contribution in [2.24, 2.45) is 0 Å². The summed E-state index contributed by atoms with van der Waals surface area (Å²) >= 11 is 0. The number of aromatic nitrogens is 3. The highest BCUT2D eigenvalue weighted by molar-refractivity contribution is 6.06. The number of carbonyl (C=O) groups is 1. The third-order valence-electron chi connectivity index (χ3n) is 8.50. The SMILES string of the molecule is O=C1NCc2c(-c3cnc4cc(F)ccn34)ccc(Nc3ccc(N4CCC(O)(CN5CCCC5)CC4)cn3)c21. The van der Waals surface area contributed by atoms with E-state index in [0.29, 0.717) is 29.3 Å². The molecular formula is C30H32FN7O2. The second-order valence-electron chi connectivity index (χ2n) is 11.1. The first-order valence-electron chi connectivity index (χ1n) is 14.0. The molecule has 10 heteroatoms. The molecule has 7 rings (SSSR count). The smallest absolute Gasteiger partial charge is 0.254 e. The molecule has 2 saturated heterocycles. The zero-order chi connectivity index (χ0) is 27.3. The number of nitrogens with zero attached hydrogens (tertiary/aromatic N) is 5. The van der Waals surface area contributed by atoms with E-state index in [2.05, 4.69) is 30.4 Å². The van der Waals surface area contributed by atoms with Gasteiger partial charge in [-0.15, -0.1) is 0 Å². The lowest BCUT2D eigenvalue weighted by molar-refractivity contribution is -0.0111. The van der Waals surface area contributed by atoms with E-state index in [9.17, 15) is 14.3 Å². The fourth-order valence-corrected chi connectivity index (χ4v) is 6.33. The van der Waals surface area contributed by atoms with Crippen molar-refractivity contribution in [2.45, 2.75) is 37.8 Å². The number of piperidine rings is 1. The normalized spacial score (nSPS) is 18.8. The van der Waals surface area contributed by atoms with Gasteiger partial charge in [0.15, 0.2) is 0 Å². The lowest BCUT2D eigenvalue weighted by Crippen LogP contribution is -2.50. The van der Waals surface area contributed by atoms with Gasteiger partial charge in [0.1, 0.15) is 17.3 Å². The Bertz CT molecular complexity index is 1570. The molecule has 3 aliphatic heterocycles. The van der Waals surface area contributed by atoms with Crippen molar-refractivity contribution in [1.29, 1.82) is 0 Å². The Morgan fingerprint density at radius 3 is 2.62 bits per heavy atom. The average Bonchev–Trinajstić information content (AvgIpc) is 3.71. The van der Waals surface area contributed by atoms with Crippen LogP contribution >= 0.6 is 0 Å². The number of hydrogen-bond donors (Lipinski definition) is 3. The standard InChI is InChI=1S/C30H32FN7O2/c31-20-7-12-38-25(18-33-27(38)15-20)22-4-5-24(28-23(22)17-34-29(28)39)35-26-6-3-21(16-32-26)37-13-8-30(40,9-14-37)19-36-10-1-2-11-36/h3-7,12,15-16,18,40H,1-2,8-11,13-14,17,19H2,(H,32,35)(H,34,39). The summed E-state index contributed by atoms with van der Waals surface area (Å²) in [6.07, 6.45) is 9.16.